The van der Waals surface area contributed by atoms with Crippen molar-refractivity contribution in [3.05, 3.63) is 17.1 Å². The normalized spacial score (nSPS) is 8.90. The number of aromatic nitrogens is 1. The summed E-state index contributed by atoms with van der Waals surface area (Å²) in [6.07, 6.45) is 0. The molecule has 10 heavy (non-hydrogen) atoms. The van der Waals surface area contributed by atoms with E-state index < -0.39 is 0 Å². The van der Waals surface area contributed by atoms with E-state index in [1.807, 2.05) is 19.2 Å². The van der Waals surface area contributed by atoms with Gasteiger partial charge in [-0.15, -0.1) is 0 Å². The Morgan fingerprint density at radius 2 is 2.00 bits per heavy atom. The molecule has 0 bridgehead atoms. The molecule has 58 valence electrons. The zero-order valence-electron chi connectivity index (χ0n) is 7.09. The van der Waals surface area contributed by atoms with Crippen molar-refractivity contribution in [1.29, 1.82) is 0 Å². The first-order chi connectivity index (χ1) is 4.80. The molecule has 0 spiro atoms. The van der Waals surface area contributed by atoms with Gasteiger partial charge in [-0.25, -0.2) is 0 Å². The molecule has 0 aliphatic heterocycles. The third-order valence-corrected chi connectivity index (χ3v) is 1.62. The maximum atomic E-state index is 4.16. The predicted molar refractivity (Wildman–Crippen MR) is 47.6 cm³/mol. The first kappa shape index (κ1) is 9.63. The van der Waals surface area contributed by atoms with Crippen molar-refractivity contribution in [2.75, 3.05) is 0 Å². The van der Waals surface area contributed by atoms with Crippen LogP contribution in [0.2, 0.25) is 0 Å². The first-order valence-electron chi connectivity index (χ1n) is 3.71. The molecular formula is C8H15NS. The molecule has 1 aromatic heterocycles. The summed E-state index contributed by atoms with van der Waals surface area (Å²) in [5, 5.41) is 2.01. The largest absolute Gasteiger partial charge is 0.197 e. The lowest BCUT2D eigenvalue weighted by molar-refractivity contribution is 0.841. The second-order valence-electron chi connectivity index (χ2n) is 2.08. The molecule has 0 atom stereocenters. The van der Waals surface area contributed by atoms with Gasteiger partial charge < -0.3 is 0 Å². The Bertz CT molecular complexity index is 144. The lowest BCUT2D eigenvalue weighted by Crippen LogP contribution is -1.83. The Balaban J connectivity index is 0.000000371. The van der Waals surface area contributed by atoms with Crippen molar-refractivity contribution < 1.29 is 0 Å². The fourth-order valence-corrected chi connectivity index (χ4v) is 1.17. The third kappa shape index (κ3) is 2.97. The van der Waals surface area contributed by atoms with E-state index in [-0.39, 0.29) is 0 Å². The van der Waals surface area contributed by atoms with Gasteiger partial charge in [0.1, 0.15) is 0 Å². The van der Waals surface area contributed by atoms with E-state index in [9.17, 15) is 0 Å². The van der Waals surface area contributed by atoms with Crippen molar-refractivity contribution in [1.82, 2.24) is 4.37 Å². The Hall–Kier alpha value is -0.370. The van der Waals surface area contributed by atoms with Crippen molar-refractivity contribution in [2.45, 2.75) is 33.6 Å². The van der Waals surface area contributed by atoms with Crippen LogP contribution in [-0.2, 0) is 0 Å². The molecular weight excluding hydrogens is 142 g/mol. The van der Waals surface area contributed by atoms with E-state index in [2.05, 4.69) is 24.3 Å². The van der Waals surface area contributed by atoms with Gasteiger partial charge in [0, 0.05) is 5.38 Å². The molecule has 0 aliphatic carbocycles. The van der Waals surface area contributed by atoms with Crippen molar-refractivity contribution in [2.24, 2.45) is 0 Å². The molecule has 0 unspecified atom stereocenters. The Morgan fingerprint density at radius 1 is 1.40 bits per heavy atom. The molecule has 0 saturated carbocycles. The van der Waals surface area contributed by atoms with Gasteiger partial charge in [-0.2, -0.15) is 4.37 Å². The van der Waals surface area contributed by atoms with E-state index in [4.69, 9.17) is 0 Å². The van der Waals surface area contributed by atoms with Gasteiger partial charge in [-0.1, -0.05) is 27.7 Å². The molecule has 0 amide bonds. The van der Waals surface area contributed by atoms with Crippen LogP contribution >= 0.6 is 11.5 Å². The van der Waals surface area contributed by atoms with Crippen LogP contribution in [0.15, 0.2) is 11.4 Å². The maximum Gasteiger partial charge on any atom is 0.0567 e. The van der Waals surface area contributed by atoms with Crippen LogP contribution < -0.4 is 0 Å². The molecule has 0 saturated heterocycles. The topological polar surface area (TPSA) is 12.9 Å². The minimum Gasteiger partial charge on any atom is -0.197 e. The molecule has 0 radical (unpaired) electrons. The molecule has 1 rings (SSSR count). The van der Waals surface area contributed by atoms with E-state index in [0.717, 1.165) is 0 Å². The molecule has 0 fully saturated rings. The van der Waals surface area contributed by atoms with Gasteiger partial charge in [-0.3, -0.25) is 0 Å². The number of hydrogen-bond acceptors (Lipinski definition) is 2. The van der Waals surface area contributed by atoms with Crippen molar-refractivity contribution in [3.8, 4) is 0 Å². The van der Waals surface area contributed by atoms with Crippen LogP contribution in [0.4, 0.5) is 0 Å². The highest BCUT2D eigenvalue weighted by atomic mass is 32.1. The molecule has 2 heteroatoms. The standard InChI is InChI=1S/C6H9NS.C2H6/c1-5(2)6-3-4-8-7-6;1-2/h3-5H,1-2H3;1-2H3. The van der Waals surface area contributed by atoms with Crippen LogP contribution in [0.25, 0.3) is 0 Å². The lowest BCUT2D eigenvalue weighted by atomic mass is 10.1. The summed E-state index contributed by atoms with van der Waals surface area (Å²) < 4.78 is 4.16. The minimum absolute atomic E-state index is 0.584. The summed E-state index contributed by atoms with van der Waals surface area (Å²) >= 11 is 1.52. The highest BCUT2D eigenvalue weighted by molar-refractivity contribution is 7.03. The SMILES string of the molecule is CC.CC(C)c1ccsn1. The third-order valence-electron chi connectivity index (χ3n) is 1.05. The Kier molecular flexibility index (Phi) is 5.22. The van der Waals surface area contributed by atoms with Gasteiger partial charge in [0.15, 0.2) is 0 Å². The number of nitrogens with zero attached hydrogens (tertiary/aromatic N) is 1. The molecule has 0 aliphatic rings. The quantitative estimate of drug-likeness (QED) is 0.609. The van der Waals surface area contributed by atoms with Gasteiger partial charge >= 0.3 is 0 Å². The summed E-state index contributed by atoms with van der Waals surface area (Å²) in [6.45, 7) is 8.30. The van der Waals surface area contributed by atoms with Crippen LogP contribution in [0.3, 0.4) is 0 Å². The maximum absolute atomic E-state index is 4.16. The fourth-order valence-electron chi connectivity index (χ4n) is 0.520. The molecule has 1 heterocycles. The predicted octanol–water partition coefficient (Wildman–Crippen LogP) is 3.29. The van der Waals surface area contributed by atoms with Gasteiger partial charge in [-0.05, 0) is 23.5 Å². The van der Waals surface area contributed by atoms with Crippen molar-refractivity contribution in [3.63, 3.8) is 0 Å². The average molecular weight is 157 g/mol. The van der Waals surface area contributed by atoms with Crippen LogP contribution in [0.5, 0.6) is 0 Å². The number of rotatable bonds is 1. The van der Waals surface area contributed by atoms with Crippen LogP contribution in [0.1, 0.15) is 39.3 Å². The van der Waals surface area contributed by atoms with E-state index in [1.54, 1.807) is 0 Å². The van der Waals surface area contributed by atoms with Gasteiger partial charge in [0.05, 0.1) is 5.69 Å². The minimum atomic E-state index is 0.584. The summed E-state index contributed by atoms with van der Waals surface area (Å²) in [4.78, 5) is 0. The van der Waals surface area contributed by atoms with Crippen molar-refractivity contribution >= 4 is 11.5 Å². The Labute approximate surface area is 67.3 Å². The lowest BCUT2D eigenvalue weighted by Gasteiger charge is -1.94. The summed E-state index contributed by atoms with van der Waals surface area (Å²) in [7, 11) is 0. The van der Waals surface area contributed by atoms with E-state index in [1.165, 1.54) is 17.2 Å². The second-order valence-corrected chi connectivity index (χ2v) is 2.74. The zero-order valence-corrected chi connectivity index (χ0v) is 7.90. The number of hydrogen-bond donors (Lipinski definition) is 0. The monoisotopic (exact) mass is 157 g/mol. The summed E-state index contributed by atoms with van der Waals surface area (Å²) in [5.41, 5.74) is 1.20. The first-order valence-corrected chi connectivity index (χ1v) is 4.54. The fraction of sp³-hybridized carbons (Fsp3) is 0.625. The van der Waals surface area contributed by atoms with E-state index >= 15 is 0 Å². The summed E-state index contributed by atoms with van der Waals surface area (Å²) in [6, 6.07) is 2.06. The van der Waals surface area contributed by atoms with Gasteiger partial charge in [0.25, 0.3) is 0 Å². The molecule has 0 aromatic carbocycles. The summed E-state index contributed by atoms with van der Waals surface area (Å²) in [5.74, 6) is 0.584. The van der Waals surface area contributed by atoms with Crippen LogP contribution in [-0.4, -0.2) is 4.37 Å². The highest BCUT2D eigenvalue weighted by Crippen LogP contribution is 2.11. The smallest absolute Gasteiger partial charge is 0.0567 e. The molecule has 1 nitrogen and oxygen atoms in total. The second kappa shape index (κ2) is 5.42. The molecule has 1 aromatic rings. The highest BCUT2D eigenvalue weighted by Gasteiger charge is 1.97. The Morgan fingerprint density at radius 3 is 2.20 bits per heavy atom. The average Bonchev–Trinajstić information content (AvgIpc) is 2.42. The zero-order chi connectivity index (χ0) is 7.98. The van der Waals surface area contributed by atoms with Crippen LogP contribution in [0, 0.1) is 0 Å². The van der Waals surface area contributed by atoms with Gasteiger partial charge in [0.2, 0.25) is 0 Å². The van der Waals surface area contributed by atoms with E-state index in [0.29, 0.717) is 5.92 Å². The molecule has 0 N–H and O–H groups in total.